The molecule has 3 atom stereocenters. The van der Waals surface area contributed by atoms with Crippen LogP contribution in [0.5, 0.6) is 0 Å². The van der Waals surface area contributed by atoms with Gasteiger partial charge in [-0.05, 0) is 47.8 Å². The first-order valence-corrected chi connectivity index (χ1v) is 7.17. The molecule has 0 bridgehead atoms. The molecule has 0 nitrogen and oxygen atoms in total. The predicted molar refractivity (Wildman–Crippen MR) is 74.7 cm³/mol. The quantitative estimate of drug-likeness (QED) is 0.633. The highest BCUT2D eigenvalue weighted by Gasteiger charge is 2.30. The fraction of sp³-hybridized carbons (Fsp3) is 0.600. The first-order valence-electron chi connectivity index (χ1n) is 6.25. The van der Waals surface area contributed by atoms with Crippen molar-refractivity contribution in [2.75, 3.05) is 0 Å². The van der Waals surface area contributed by atoms with Gasteiger partial charge in [-0.2, -0.15) is 0 Å². The number of allylic oxidation sites excluding steroid dienone is 6. The maximum Gasteiger partial charge on any atom is 0.0232 e. The van der Waals surface area contributed by atoms with Gasteiger partial charge in [0.15, 0.2) is 0 Å². The van der Waals surface area contributed by atoms with Gasteiger partial charge in [-0.15, -0.1) is 0 Å². The van der Waals surface area contributed by atoms with Gasteiger partial charge in [-0.1, -0.05) is 54.9 Å². The third-order valence-corrected chi connectivity index (χ3v) is 5.57. The second-order valence-corrected chi connectivity index (χ2v) is 6.60. The third-order valence-electron chi connectivity index (χ3n) is 3.83. The van der Waals surface area contributed by atoms with E-state index >= 15 is 0 Å². The van der Waals surface area contributed by atoms with Crippen LogP contribution in [0.3, 0.4) is 0 Å². The molecule has 2 aliphatic carbocycles. The second-order valence-electron chi connectivity index (χ2n) is 5.54. The Kier molecular flexibility index (Phi) is 3.44. The zero-order valence-corrected chi connectivity index (χ0v) is 12.2. The minimum atomic E-state index is 0.609. The lowest BCUT2D eigenvalue weighted by molar-refractivity contribution is 0.416. The average Bonchev–Trinajstić information content (AvgIpc) is 2.60. The Morgan fingerprint density at radius 1 is 1.31 bits per heavy atom. The number of hydrogen-bond acceptors (Lipinski definition) is 0. The summed E-state index contributed by atoms with van der Waals surface area (Å²) in [5.74, 6) is 2.09. The fourth-order valence-electron chi connectivity index (χ4n) is 2.81. The smallest absolute Gasteiger partial charge is 0.0232 e. The van der Waals surface area contributed by atoms with Gasteiger partial charge in [-0.25, -0.2) is 0 Å². The Hall–Kier alpha value is -0.300. The van der Waals surface area contributed by atoms with Crippen molar-refractivity contribution in [3.8, 4) is 0 Å². The average molecular weight is 281 g/mol. The maximum atomic E-state index is 3.86. The van der Waals surface area contributed by atoms with Crippen molar-refractivity contribution in [2.24, 2.45) is 17.8 Å². The van der Waals surface area contributed by atoms with E-state index in [-0.39, 0.29) is 0 Å². The van der Waals surface area contributed by atoms with Crippen molar-refractivity contribution in [1.82, 2.24) is 0 Å². The summed E-state index contributed by atoms with van der Waals surface area (Å²) in [6.45, 7) is 9.18. The molecule has 0 spiro atoms. The molecule has 0 aromatic carbocycles. The first-order chi connectivity index (χ1) is 7.50. The van der Waals surface area contributed by atoms with Gasteiger partial charge in [0.1, 0.15) is 0 Å². The van der Waals surface area contributed by atoms with Crippen LogP contribution in [0.4, 0.5) is 0 Å². The lowest BCUT2D eigenvalue weighted by Crippen LogP contribution is -2.25. The normalized spacial score (nSPS) is 30.8. The van der Waals surface area contributed by atoms with Gasteiger partial charge in [0, 0.05) is 4.83 Å². The third kappa shape index (κ3) is 2.07. The minimum Gasteiger partial charge on any atom is -0.0881 e. The molecule has 2 aliphatic rings. The largest absolute Gasteiger partial charge is 0.0881 e. The summed E-state index contributed by atoms with van der Waals surface area (Å²) in [6.07, 6.45) is 8.34. The van der Waals surface area contributed by atoms with Crippen LogP contribution in [-0.4, -0.2) is 4.83 Å². The molecule has 0 N–H and O–H groups in total. The lowest BCUT2D eigenvalue weighted by atomic mass is 9.76. The van der Waals surface area contributed by atoms with Crippen LogP contribution in [-0.2, 0) is 0 Å². The molecular formula is C15H21Br. The van der Waals surface area contributed by atoms with Crippen LogP contribution < -0.4 is 0 Å². The monoisotopic (exact) mass is 280 g/mol. The highest BCUT2D eigenvalue weighted by Crippen LogP contribution is 2.42. The van der Waals surface area contributed by atoms with Crippen LogP contribution in [0.2, 0.25) is 0 Å². The summed E-state index contributed by atoms with van der Waals surface area (Å²) in [5.41, 5.74) is 4.50. The predicted octanol–water partition coefficient (Wildman–Crippen LogP) is 4.87. The molecule has 0 aromatic rings. The van der Waals surface area contributed by atoms with Crippen molar-refractivity contribution in [2.45, 2.75) is 38.9 Å². The molecule has 1 heteroatoms. The van der Waals surface area contributed by atoms with Crippen molar-refractivity contribution >= 4 is 15.9 Å². The van der Waals surface area contributed by atoms with E-state index in [4.69, 9.17) is 0 Å². The number of rotatable bonds is 2. The molecular weight excluding hydrogens is 260 g/mol. The van der Waals surface area contributed by atoms with E-state index in [1.54, 1.807) is 5.57 Å². The Bertz CT molecular complexity index is 371. The number of halogens is 1. The van der Waals surface area contributed by atoms with E-state index in [9.17, 15) is 0 Å². The van der Waals surface area contributed by atoms with E-state index in [2.05, 4.69) is 61.9 Å². The first kappa shape index (κ1) is 12.2. The standard InChI is InChI=1S/C15H21Br/c1-9(2)15(16)12-7-11(4)13-6-5-10(3)14(13)8-12/h5-6,8-9,11-12,15H,7H2,1-4H3/t11-,12-,15-/m1/s1. The summed E-state index contributed by atoms with van der Waals surface area (Å²) < 4.78 is 0. The van der Waals surface area contributed by atoms with Gasteiger partial charge in [0.2, 0.25) is 0 Å². The highest BCUT2D eigenvalue weighted by atomic mass is 79.9. The second kappa shape index (κ2) is 4.52. The Labute approximate surface area is 108 Å². The molecule has 2 rings (SSSR count). The number of hydrogen-bond donors (Lipinski definition) is 0. The van der Waals surface area contributed by atoms with Crippen molar-refractivity contribution in [3.63, 3.8) is 0 Å². The molecule has 0 saturated carbocycles. The number of alkyl halides is 1. The van der Waals surface area contributed by atoms with Gasteiger partial charge in [-0.3, -0.25) is 0 Å². The van der Waals surface area contributed by atoms with Crippen LogP contribution >= 0.6 is 15.9 Å². The molecule has 16 heavy (non-hydrogen) atoms. The van der Waals surface area contributed by atoms with Crippen molar-refractivity contribution < 1.29 is 0 Å². The summed E-state index contributed by atoms with van der Waals surface area (Å²) in [7, 11) is 0. The van der Waals surface area contributed by atoms with Crippen molar-refractivity contribution in [3.05, 3.63) is 34.9 Å². The Morgan fingerprint density at radius 2 is 2.00 bits per heavy atom. The molecule has 0 aliphatic heterocycles. The molecule has 0 fully saturated rings. The van der Waals surface area contributed by atoms with Gasteiger partial charge < -0.3 is 0 Å². The highest BCUT2D eigenvalue weighted by molar-refractivity contribution is 9.09. The molecule has 0 unspecified atom stereocenters. The van der Waals surface area contributed by atoms with Crippen LogP contribution in [0.15, 0.2) is 34.9 Å². The fourth-order valence-corrected chi connectivity index (χ4v) is 3.18. The lowest BCUT2D eigenvalue weighted by Gasteiger charge is -2.32. The van der Waals surface area contributed by atoms with Crippen LogP contribution in [0, 0.1) is 17.8 Å². The summed E-state index contributed by atoms with van der Waals surface area (Å²) >= 11 is 3.86. The van der Waals surface area contributed by atoms with E-state index < -0.39 is 0 Å². The topological polar surface area (TPSA) is 0 Å². The van der Waals surface area contributed by atoms with E-state index in [0.29, 0.717) is 22.6 Å². The van der Waals surface area contributed by atoms with Crippen molar-refractivity contribution in [1.29, 1.82) is 0 Å². The summed E-state index contributed by atoms with van der Waals surface area (Å²) in [4.78, 5) is 0.609. The Morgan fingerprint density at radius 3 is 2.62 bits per heavy atom. The van der Waals surface area contributed by atoms with Crippen LogP contribution in [0.1, 0.15) is 34.1 Å². The SMILES string of the molecule is CC1=CC=C2C1=C[C@H]([C@H](Br)C(C)C)C[C@H]2C. The molecule has 0 heterocycles. The molecule has 0 saturated heterocycles. The molecule has 88 valence electrons. The minimum absolute atomic E-state index is 0.609. The summed E-state index contributed by atoms with van der Waals surface area (Å²) in [6, 6.07) is 0. The zero-order valence-electron chi connectivity index (χ0n) is 10.6. The van der Waals surface area contributed by atoms with Crippen LogP contribution in [0.25, 0.3) is 0 Å². The van der Waals surface area contributed by atoms with Gasteiger partial charge >= 0.3 is 0 Å². The van der Waals surface area contributed by atoms with E-state index in [1.165, 1.54) is 17.6 Å². The van der Waals surface area contributed by atoms with E-state index in [0.717, 1.165) is 0 Å². The molecule has 0 aromatic heterocycles. The Balaban J connectivity index is 2.27. The maximum absolute atomic E-state index is 3.86. The molecule has 0 radical (unpaired) electrons. The van der Waals surface area contributed by atoms with Gasteiger partial charge in [0.25, 0.3) is 0 Å². The summed E-state index contributed by atoms with van der Waals surface area (Å²) in [5, 5.41) is 0. The number of fused-ring (bicyclic) bond motifs is 1. The van der Waals surface area contributed by atoms with E-state index in [1.807, 2.05) is 0 Å². The van der Waals surface area contributed by atoms with Gasteiger partial charge in [0.05, 0.1) is 0 Å². The molecule has 0 amide bonds. The zero-order chi connectivity index (χ0) is 11.9.